The number of hydrogen-bond acceptors (Lipinski definition) is 2. The Balaban J connectivity index is 1.80. The normalized spacial score (nSPS) is 36.0. The van der Waals surface area contributed by atoms with Gasteiger partial charge in [-0.3, -0.25) is 4.90 Å². The molecule has 64 valence electrons. The molecule has 0 aromatic carbocycles. The Hall–Kier alpha value is -0.0800. The molecule has 0 bridgehead atoms. The summed E-state index contributed by atoms with van der Waals surface area (Å²) in [5.41, 5.74) is -0.297. The van der Waals surface area contributed by atoms with Gasteiger partial charge < -0.3 is 5.11 Å². The van der Waals surface area contributed by atoms with E-state index in [0.717, 1.165) is 25.4 Å². The number of β-amino-alcohol motifs (C(OH)–C–C–N with tert-alkyl or cyclic N) is 1. The minimum atomic E-state index is -0.297. The van der Waals surface area contributed by atoms with E-state index < -0.39 is 0 Å². The molecular weight excluding hydrogens is 138 g/mol. The first kappa shape index (κ1) is 7.56. The zero-order valence-corrected chi connectivity index (χ0v) is 7.21. The first-order valence-corrected chi connectivity index (χ1v) is 4.66. The van der Waals surface area contributed by atoms with Crippen LogP contribution in [0.1, 0.15) is 32.6 Å². The molecule has 0 aromatic rings. The summed E-state index contributed by atoms with van der Waals surface area (Å²) in [6.07, 6.45) is 4.58. The Bertz CT molecular complexity index is 154. The lowest BCUT2D eigenvalue weighted by Gasteiger charge is -2.47. The van der Waals surface area contributed by atoms with Gasteiger partial charge >= 0.3 is 0 Å². The van der Waals surface area contributed by atoms with Crippen LogP contribution in [-0.4, -0.2) is 34.7 Å². The van der Waals surface area contributed by atoms with Crippen LogP contribution in [0.4, 0.5) is 0 Å². The zero-order valence-electron chi connectivity index (χ0n) is 7.21. The largest absolute Gasteiger partial charge is 0.389 e. The molecule has 1 N–H and O–H groups in total. The minimum absolute atomic E-state index is 0.297. The molecule has 0 spiro atoms. The van der Waals surface area contributed by atoms with Crippen LogP contribution >= 0.6 is 0 Å². The van der Waals surface area contributed by atoms with E-state index in [9.17, 15) is 5.11 Å². The highest BCUT2D eigenvalue weighted by Gasteiger charge is 2.39. The number of hydrogen-bond donors (Lipinski definition) is 1. The zero-order chi connectivity index (χ0) is 7.90. The third kappa shape index (κ3) is 1.30. The second kappa shape index (κ2) is 2.46. The highest BCUT2D eigenvalue weighted by molar-refractivity contribution is 4.93. The van der Waals surface area contributed by atoms with Gasteiger partial charge in [0.1, 0.15) is 0 Å². The van der Waals surface area contributed by atoms with Crippen molar-refractivity contribution in [3.8, 4) is 0 Å². The Morgan fingerprint density at radius 3 is 2.55 bits per heavy atom. The smallest absolute Gasteiger partial charge is 0.0774 e. The molecule has 0 radical (unpaired) electrons. The predicted octanol–water partition coefficient (Wildman–Crippen LogP) is 0.996. The van der Waals surface area contributed by atoms with Crippen LogP contribution in [0.5, 0.6) is 0 Å². The van der Waals surface area contributed by atoms with Crippen molar-refractivity contribution in [3.05, 3.63) is 0 Å². The standard InChI is InChI=1S/C9H17NO/c1-8-3-6-10(8)7-9(11)4-2-5-9/h8,11H,2-7H2,1H3. The first-order chi connectivity index (χ1) is 5.20. The lowest BCUT2D eigenvalue weighted by Crippen LogP contribution is -2.55. The molecule has 2 rings (SSSR count). The summed E-state index contributed by atoms with van der Waals surface area (Å²) in [5.74, 6) is 0. The average molecular weight is 155 g/mol. The lowest BCUT2D eigenvalue weighted by atomic mass is 9.79. The molecule has 1 heterocycles. The molecule has 0 amide bonds. The van der Waals surface area contributed by atoms with Crippen molar-refractivity contribution in [2.24, 2.45) is 0 Å². The minimum Gasteiger partial charge on any atom is -0.389 e. The van der Waals surface area contributed by atoms with Crippen molar-refractivity contribution < 1.29 is 5.11 Å². The maximum absolute atomic E-state index is 9.82. The Labute approximate surface area is 68.2 Å². The molecule has 0 aromatic heterocycles. The highest BCUT2D eigenvalue weighted by Crippen LogP contribution is 2.34. The first-order valence-electron chi connectivity index (χ1n) is 4.66. The summed E-state index contributed by atoms with van der Waals surface area (Å²) in [4.78, 5) is 2.39. The van der Waals surface area contributed by atoms with E-state index in [0.29, 0.717) is 0 Å². The average Bonchev–Trinajstić information content (AvgIpc) is 1.94. The van der Waals surface area contributed by atoms with Crippen molar-refractivity contribution in [1.29, 1.82) is 0 Å². The van der Waals surface area contributed by atoms with Crippen LogP contribution in [-0.2, 0) is 0 Å². The number of nitrogens with zero attached hydrogens (tertiary/aromatic N) is 1. The van der Waals surface area contributed by atoms with E-state index in [-0.39, 0.29) is 5.60 Å². The maximum Gasteiger partial charge on any atom is 0.0774 e. The van der Waals surface area contributed by atoms with E-state index >= 15 is 0 Å². The van der Waals surface area contributed by atoms with E-state index in [2.05, 4.69) is 11.8 Å². The molecule has 1 aliphatic carbocycles. The van der Waals surface area contributed by atoms with Crippen LogP contribution in [0.15, 0.2) is 0 Å². The van der Waals surface area contributed by atoms with Crippen LogP contribution in [0, 0.1) is 0 Å². The Morgan fingerprint density at radius 2 is 2.27 bits per heavy atom. The molecule has 1 saturated carbocycles. The quantitative estimate of drug-likeness (QED) is 0.643. The third-order valence-corrected chi connectivity index (χ3v) is 3.24. The van der Waals surface area contributed by atoms with E-state index in [4.69, 9.17) is 0 Å². The molecule has 1 saturated heterocycles. The SMILES string of the molecule is CC1CCN1CC1(O)CCC1. The monoisotopic (exact) mass is 155 g/mol. The summed E-state index contributed by atoms with van der Waals surface area (Å²) in [6.45, 7) is 4.36. The maximum atomic E-state index is 9.82. The summed E-state index contributed by atoms with van der Waals surface area (Å²) >= 11 is 0. The molecule has 2 nitrogen and oxygen atoms in total. The van der Waals surface area contributed by atoms with E-state index in [1.165, 1.54) is 19.4 Å². The molecule has 1 unspecified atom stereocenters. The van der Waals surface area contributed by atoms with Gasteiger partial charge in [0.2, 0.25) is 0 Å². The van der Waals surface area contributed by atoms with Gasteiger partial charge in [-0.25, -0.2) is 0 Å². The van der Waals surface area contributed by atoms with Crippen molar-refractivity contribution >= 4 is 0 Å². The summed E-state index contributed by atoms with van der Waals surface area (Å²) < 4.78 is 0. The van der Waals surface area contributed by atoms with E-state index in [1.807, 2.05) is 0 Å². The van der Waals surface area contributed by atoms with Gasteiger partial charge in [0.25, 0.3) is 0 Å². The van der Waals surface area contributed by atoms with Crippen molar-refractivity contribution in [2.45, 2.75) is 44.2 Å². The number of aliphatic hydroxyl groups is 1. The van der Waals surface area contributed by atoms with Gasteiger partial charge in [-0.05, 0) is 32.6 Å². The molecular formula is C9H17NO. The summed E-state index contributed by atoms with van der Waals surface area (Å²) in [7, 11) is 0. The van der Waals surface area contributed by atoms with E-state index in [1.54, 1.807) is 0 Å². The Kier molecular flexibility index (Phi) is 1.69. The fourth-order valence-corrected chi connectivity index (χ4v) is 1.93. The second-order valence-electron chi connectivity index (χ2n) is 4.19. The topological polar surface area (TPSA) is 23.5 Å². The van der Waals surface area contributed by atoms with Crippen LogP contribution < -0.4 is 0 Å². The fourth-order valence-electron chi connectivity index (χ4n) is 1.93. The predicted molar refractivity (Wildman–Crippen MR) is 44.5 cm³/mol. The van der Waals surface area contributed by atoms with Crippen molar-refractivity contribution in [3.63, 3.8) is 0 Å². The van der Waals surface area contributed by atoms with Crippen molar-refractivity contribution in [1.82, 2.24) is 4.90 Å². The molecule has 2 fully saturated rings. The fraction of sp³-hybridized carbons (Fsp3) is 1.00. The molecule has 11 heavy (non-hydrogen) atoms. The Morgan fingerprint density at radius 1 is 1.55 bits per heavy atom. The highest BCUT2D eigenvalue weighted by atomic mass is 16.3. The van der Waals surface area contributed by atoms with Gasteiger partial charge in [-0.2, -0.15) is 0 Å². The number of likely N-dealkylation sites (tertiary alicyclic amines) is 1. The molecule has 1 aliphatic heterocycles. The molecule has 1 atom stereocenters. The van der Waals surface area contributed by atoms with Gasteiger partial charge in [-0.1, -0.05) is 0 Å². The van der Waals surface area contributed by atoms with Gasteiger partial charge in [0.05, 0.1) is 5.60 Å². The van der Waals surface area contributed by atoms with Gasteiger partial charge in [0.15, 0.2) is 0 Å². The van der Waals surface area contributed by atoms with Crippen LogP contribution in [0.3, 0.4) is 0 Å². The second-order valence-corrected chi connectivity index (χ2v) is 4.19. The summed E-state index contributed by atoms with van der Waals surface area (Å²) in [5, 5.41) is 9.82. The van der Waals surface area contributed by atoms with Crippen LogP contribution in [0.25, 0.3) is 0 Å². The molecule has 2 heteroatoms. The van der Waals surface area contributed by atoms with Gasteiger partial charge in [-0.15, -0.1) is 0 Å². The molecule has 2 aliphatic rings. The van der Waals surface area contributed by atoms with Crippen LogP contribution in [0.2, 0.25) is 0 Å². The number of rotatable bonds is 2. The lowest BCUT2D eigenvalue weighted by molar-refractivity contribution is -0.0821. The summed E-state index contributed by atoms with van der Waals surface area (Å²) in [6, 6.07) is 0.722. The van der Waals surface area contributed by atoms with Gasteiger partial charge in [0, 0.05) is 19.1 Å². The third-order valence-electron chi connectivity index (χ3n) is 3.24. The van der Waals surface area contributed by atoms with Crippen molar-refractivity contribution in [2.75, 3.05) is 13.1 Å².